The number of thiophene rings is 1. The van der Waals surface area contributed by atoms with Gasteiger partial charge in [0.2, 0.25) is 11.1 Å². The van der Waals surface area contributed by atoms with Crippen molar-refractivity contribution >= 4 is 50.6 Å². The molecule has 28 heavy (non-hydrogen) atoms. The lowest BCUT2D eigenvalue weighted by Gasteiger charge is -2.23. The van der Waals surface area contributed by atoms with Gasteiger partial charge in [-0.15, -0.1) is 27.8 Å². The Hall–Kier alpha value is -2.30. The number of hydrogen-bond acceptors (Lipinski definition) is 8. The van der Waals surface area contributed by atoms with Crippen LogP contribution in [0.2, 0.25) is 0 Å². The minimum atomic E-state index is -0.0902. The quantitative estimate of drug-likeness (QED) is 0.416. The van der Waals surface area contributed by atoms with Crippen LogP contribution in [0.1, 0.15) is 22.9 Å². The fourth-order valence-corrected chi connectivity index (χ4v) is 5.18. The Morgan fingerprint density at radius 2 is 2.14 bits per heavy atom. The van der Waals surface area contributed by atoms with E-state index in [1.165, 1.54) is 16.6 Å². The van der Waals surface area contributed by atoms with Crippen molar-refractivity contribution in [2.45, 2.75) is 24.7 Å². The summed E-state index contributed by atoms with van der Waals surface area (Å²) in [4.78, 5) is 20.3. The summed E-state index contributed by atoms with van der Waals surface area (Å²) in [5.41, 5.74) is 0.970. The van der Waals surface area contributed by atoms with Crippen molar-refractivity contribution < 1.29 is 4.79 Å². The number of benzene rings is 1. The summed E-state index contributed by atoms with van der Waals surface area (Å²) in [6.07, 6.45) is 0. The van der Waals surface area contributed by atoms with Gasteiger partial charge in [-0.1, -0.05) is 30.0 Å². The van der Waals surface area contributed by atoms with Gasteiger partial charge in [-0.25, -0.2) is 9.67 Å². The molecule has 10 heteroatoms. The molecule has 0 spiro atoms. The summed E-state index contributed by atoms with van der Waals surface area (Å²) in [5.74, 6) is 0.290. The molecule has 0 N–H and O–H groups in total. The van der Waals surface area contributed by atoms with Gasteiger partial charge in [0.15, 0.2) is 0 Å². The molecule has 4 rings (SSSR count). The van der Waals surface area contributed by atoms with E-state index in [9.17, 15) is 4.79 Å². The predicted molar refractivity (Wildman–Crippen MR) is 113 cm³/mol. The molecule has 3 aromatic heterocycles. The minimum Gasteiger partial charge on any atom is -0.336 e. The fraction of sp³-hybridized carbons (Fsp3) is 0.278. The lowest BCUT2D eigenvalue weighted by molar-refractivity contribution is -0.128. The lowest BCUT2D eigenvalue weighted by Crippen LogP contribution is -2.31. The van der Waals surface area contributed by atoms with Crippen molar-refractivity contribution in [3.63, 3.8) is 0 Å². The van der Waals surface area contributed by atoms with Gasteiger partial charge in [-0.05, 0) is 40.9 Å². The highest BCUT2D eigenvalue weighted by molar-refractivity contribution is 7.99. The maximum absolute atomic E-state index is 12.7. The number of rotatable bonds is 7. The average Bonchev–Trinajstić information content (AvgIpc) is 3.46. The third kappa shape index (κ3) is 4.08. The molecule has 3 heterocycles. The second kappa shape index (κ2) is 8.38. The van der Waals surface area contributed by atoms with Crippen LogP contribution < -0.4 is 0 Å². The van der Waals surface area contributed by atoms with E-state index in [0.29, 0.717) is 11.7 Å². The van der Waals surface area contributed by atoms with Gasteiger partial charge in [-0.3, -0.25) is 4.79 Å². The van der Waals surface area contributed by atoms with Crippen molar-refractivity contribution in [1.82, 2.24) is 30.1 Å². The van der Waals surface area contributed by atoms with E-state index in [4.69, 9.17) is 0 Å². The second-order valence-corrected chi connectivity index (χ2v) is 9.22. The highest BCUT2D eigenvalue weighted by Crippen LogP contribution is 2.29. The average molecular weight is 431 g/mol. The molecule has 0 radical (unpaired) electrons. The Balaban J connectivity index is 1.39. The third-order valence-corrected chi connectivity index (χ3v) is 7.36. The van der Waals surface area contributed by atoms with Crippen LogP contribution in [0, 0.1) is 0 Å². The van der Waals surface area contributed by atoms with E-state index in [1.807, 2.05) is 55.7 Å². The molecular weight excluding hydrogens is 412 g/mol. The van der Waals surface area contributed by atoms with Crippen molar-refractivity contribution in [2.75, 3.05) is 12.8 Å². The van der Waals surface area contributed by atoms with Crippen LogP contribution in [0.4, 0.5) is 0 Å². The summed E-state index contributed by atoms with van der Waals surface area (Å²) in [5, 5.41) is 15.4. The van der Waals surface area contributed by atoms with Gasteiger partial charge < -0.3 is 4.90 Å². The highest BCUT2D eigenvalue weighted by atomic mass is 32.2. The number of nitrogens with zero attached hydrogens (tertiary/aromatic N) is 6. The number of carbonyl (C=O) groups excluding carboxylic acids is 1. The second-order valence-electron chi connectivity index (χ2n) is 6.19. The number of para-hydroxylation sites is 1. The predicted octanol–water partition coefficient (Wildman–Crippen LogP) is 3.70. The molecule has 0 aliphatic rings. The van der Waals surface area contributed by atoms with Gasteiger partial charge in [0, 0.05) is 11.9 Å². The number of amides is 1. The SMILES string of the molecule is C[C@H](c1nc2ccccc2s1)N(C)C(=O)CSc1nnnn1Cc1cccs1. The third-order valence-electron chi connectivity index (χ3n) is 4.35. The van der Waals surface area contributed by atoms with Crippen LogP contribution in [-0.2, 0) is 11.3 Å². The number of tetrazole rings is 1. The molecule has 1 amide bonds. The molecule has 0 aliphatic heterocycles. The normalized spacial score (nSPS) is 12.4. The van der Waals surface area contributed by atoms with Gasteiger partial charge in [0.1, 0.15) is 5.01 Å². The standard InChI is InChI=1S/C18H18N6OS3/c1-12(17-19-14-7-3-4-8-15(14)28-17)23(2)16(25)11-27-18-20-21-22-24(18)10-13-6-5-9-26-13/h3-9,12H,10-11H2,1-2H3/t12-/m1/s1. The molecule has 4 aromatic rings. The first-order valence-corrected chi connectivity index (χ1v) is 11.3. The smallest absolute Gasteiger partial charge is 0.233 e. The Morgan fingerprint density at radius 1 is 1.29 bits per heavy atom. The summed E-state index contributed by atoms with van der Waals surface area (Å²) < 4.78 is 2.85. The van der Waals surface area contributed by atoms with Crippen molar-refractivity contribution in [3.8, 4) is 0 Å². The van der Waals surface area contributed by atoms with Crippen molar-refractivity contribution in [1.29, 1.82) is 0 Å². The Labute approximate surface area is 174 Å². The van der Waals surface area contributed by atoms with E-state index in [0.717, 1.165) is 15.2 Å². The Bertz CT molecular complexity index is 1040. The van der Waals surface area contributed by atoms with Gasteiger partial charge in [0.05, 0.1) is 28.6 Å². The zero-order valence-electron chi connectivity index (χ0n) is 15.3. The van der Waals surface area contributed by atoms with Gasteiger partial charge in [-0.2, -0.15) is 0 Å². The molecule has 0 saturated carbocycles. The van der Waals surface area contributed by atoms with Crippen LogP contribution in [0.5, 0.6) is 0 Å². The number of aromatic nitrogens is 5. The monoisotopic (exact) mass is 430 g/mol. The van der Waals surface area contributed by atoms with Gasteiger partial charge >= 0.3 is 0 Å². The number of thioether (sulfide) groups is 1. The van der Waals surface area contributed by atoms with Crippen LogP contribution >= 0.6 is 34.4 Å². The molecular formula is C18H18N6OS3. The number of fused-ring (bicyclic) bond motifs is 1. The first-order chi connectivity index (χ1) is 13.6. The molecule has 1 aromatic carbocycles. The zero-order chi connectivity index (χ0) is 19.5. The molecule has 144 valence electrons. The largest absolute Gasteiger partial charge is 0.336 e. The lowest BCUT2D eigenvalue weighted by atomic mass is 10.3. The molecule has 0 aliphatic carbocycles. The maximum atomic E-state index is 12.7. The van der Waals surface area contributed by atoms with E-state index < -0.39 is 0 Å². The first-order valence-electron chi connectivity index (χ1n) is 8.64. The summed E-state index contributed by atoms with van der Waals surface area (Å²) in [7, 11) is 1.81. The van der Waals surface area contributed by atoms with E-state index in [2.05, 4.69) is 20.5 Å². The van der Waals surface area contributed by atoms with Crippen LogP contribution in [0.25, 0.3) is 10.2 Å². The van der Waals surface area contributed by atoms with E-state index >= 15 is 0 Å². The van der Waals surface area contributed by atoms with Crippen LogP contribution in [0.3, 0.4) is 0 Å². The van der Waals surface area contributed by atoms with Crippen molar-refractivity contribution in [2.24, 2.45) is 0 Å². The minimum absolute atomic E-state index is 0.0161. The van der Waals surface area contributed by atoms with Crippen LogP contribution in [-0.4, -0.2) is 48.8 Å². The van der Waals surface area contributed by atoms with E-state index in [-0.39, 0.29) is 17.7 Å². The molecule has 0 saturated heterocycles. The Morgan fingerprint density at radius 3 is 2.93 bits per heavy atom. The first kappa shape index (κ1) is 19.0. The zero-order valence-corrected chi connectivity index (χ0v) is 17.8. The molecule has 7 nitrogen and oxygen atoms in total. The number of hydrogen-bond donors (Lipinski definition) is 0. The van der Waals surface area contributed by atoms with Crippen molar-refractivity contribution in [3.05, 3.63) is 51.7 Å². The molecule has 1 atom stereocenters. The van der Waals surface area contributed by atoms with Crippen LogP contribution in [0.15, 0.2) is 46.9 Å². The topological polar surface area (TPSA) is 76.8 Å². The molecule has 0 fully saturated rings. The maximum Gasteiger partial charge on any atom is 0.233 e. The van der Waals surface area contributed by atoms with Gasteiger partial charge in [0.25, 0.3) is 0 Å². The Kier molecular flexibility index (Phi) is 5.69. The number of carbonyl (C=O) groups is 1. The van der Waals surface area contributed by atoms with E-state index in [1.54, 1.807) is 32.3 Å². The number of thiazole rings is 1. The fourth-order valence-electron chi connectivity index (χ4n) is 2.63. The summed E-state index contributed by atoms with van der Waals surface area (Å²) in [6.45, 7) is 2.61. The molecule has 0 bridgehead atoms. The summed E-state index contributed by atoms with van der Waals surface area (Å²) in [6, 6.07) is 12.0. The molecule has 0 unspecified atom stereocenters. The highest BCUT2D eigenvalue weighted by Gasteiger charge is 2.21. The summed E-state index contributed by atoms with van der Waals surface area (Å²) >= 11 is 4.63.